The van der Waals surface area contributed by atoms with Gasteiger partial charge in [-0.2, -0.15) is 12.7 Å². The molecule has 0 aliphatic heterocycles. The largest absolute Gasteiger partial charge is 0.385 e. The molecular formula is C7H18N2O4S. The zero-order chi connectivity index (χ0) is 11.0. The minimum Gasteiger partial charge on any atom is -0.385 e. The van der Waals surface area contributed by atoms with Gasteiger partial charge in [-0.1, -0.05) is 0 Å². The number of methoxy groups -OCH3 is 2. The van der Waals surface area contributed by atoms with Crippen molar-refractivity contribution >= 4 is 10.2 Å². The molecule has 0 aliphatic carbocycles. The molecule has 0 saturated carbocycles. The van der Waals surface area contributed by atoms with E-state index in [0.29, 0.717) is 26.2 Å². The first-order chi connectivity index (χ1) is 6.52. The maximum absolute atomic E-state index is 11.0. The highest BCUT2D eigenvalue weighted by Gasteiger charge is 2.15. The van der Waals surface area contributed by atoms with Gasteiger partial charge in [0.1, 0.15) is 0 Å². The Morgan fingerprint density at radius 2 is 1.71 bits per heavy atom. The van der Waals surface area contributed by atoms with Gasteiger partial charge < -0.3 is 9.47 Å². The molecule has 0 amide bonds. The standard InChI is InChI=1S/C7H18N2O4S/c1-12-6-3-4-9(5-7-13-2)14(8,10)11/h3-7H2,1-2H3,(H2,8,10,11). The molecule has 0 aromatic rings. The Morgan fingerprint density at radius 3 is 2.14 bits per heavy atom. The normalized spacial score (nSPS) is 12.3. The SMILES string of the molecule is COCCCN(CCOC)S(N)(=O)=O. The van der Waals surface area contributed by atoms with Gasteiger partial charge >= 0.3 is 0 Å². The molecule has 0 unspecified atom stereocenters. The summed E-state index contributed by atoms with van der Waals surface area (Å²) in [7, 11) is -0.544. The lowest BCUT2D eigenvalue weighted by molar-refractivity contribution is 0.164. The quantitative estimate of drug-likeness (QED) is 0.548. The van der Waals surface area contributed by atoms with Gasteiger partial charge in [-0.15, -0.1) is 0 Å². The Bertz CT molecular complexity index is 230. The van der Waals surface area contributed by atoms with E-state index in [1.165, 1.54) is 11.4 Å². The Hall–Kier alpha value is -0.210. The number of hydrogen-bond acceptors (Lipinski definition) is 4. The molecular weight excluding hydrogens is 208 g/mol. The summed E-state index contributed by atoms with van der Waals surface area (Å²) in [5.41, 5.74) is 0. The summed E-state index contributed by atoms with van der Waals surface area (Å²) in [6.07, 6.45) is 0.622. The topological polar surface area (TPSA) is 81.9 Å². The molecule has 0 spiro atoms. The van der Waals surface area contributed by atoms with Gasteiger partial charge in [-0.3, -0.25) is 0 Å². The van der Waals surface area contributed by atoms with Crippen LogP contribution < -0.4 is 5.14 Å². The second-order valence-electron chi connectivity index (χ2n) is 2.78. The molecule has 0 aliphatic rings. The molecule has 7 heteroatoms. The molecule has 0 bridgehead atoms. The molecule has 0 radical (unpaired) electrons. The van der Waals surface area contributed by atoms with Gasteiger partial charge in [0, 0.05) is 33.9 Å². The lowest BCUT2D eigenvalue weighted by Gasteiger charge is -2.18. The third-order valence-corrected chi connectivity index (χ3v) is 2.75. The molecule has 0 rings (SSSR count). The van der Waals surface area contributed by atoms with E-state index < -0.39 is 10.2 Å². The van der Waals surface area contributed by atoms with E-state index in [0.717, 1.165) is 0 Å². The highest BCUT2D eigenvalue weighted by molar-refractivity contribution is 7.86. The molecule has 0 aromatic heterocycles. The van der Waals surface area contributed by atoms with Gasteiger partial charge in [-0.25, -0.2) is 5.14 Å². The van der Waals surface area contributed by atoms with Crippen molar-refractivity contribution in [3.8, 4) is 0 Å². The van der Waals surface area contributed by atoms with Gasteiger partial charge in [0.2, 0.25) is 0 Å². The monoisotopic (exact) mass is 226 g/mol. The highest BCUT2D eigenvalue weighted by Crippen LogP contribution is 1.97. The van der Waals surface area contributed by atoms with E-state index in [1.54, 1.807) is 7.11 Å². The summed E-state index contributed by atoms with van der Waals surface area (Å²) in [5.74, 6) is 0. The lowest BCUT2D eigenvalue weighted by Crippen LogP contribution is -2.39. The smallest absolute Gasteiger partial charge is 0.276 e. The van der Waals surface area contributed by atoms with E-state index in [2.05, 4.69) is 0 Å². The first-order valence-electron chi connectivity index (χ1n) is 4.28. The van der Waals surface area contributed by atoms with Crippen LogP contribution in [0.3, 0.4) is 0 Å². The summed E-state index contributed by atoms with van der Waals surface area (Å²) < 4.78 is 32.9. The molecule has 0 fully saturated rings. The molecule has 6 nitrogen and oxygen atoms in total. The summed E-state index contributed by atoms with van der Waals surface area (Å²) >= 11 is 0. The van der Waals surface area contributed by atoms with Crippen molar-refractivity contribution in [2.45, 2.75) is 6.42 Å². The van der Waals surface area contributed by atoms with Crippen LogP contribution in [0, 0.1) is 0 Å². The number of nitrogens with two attached hydrogens (primary N) is 1. The van der Waals surface area contributed by atoms with Crippen LogP contribution in [0.1, 0.15) is 6.42 Å². The zero-order valence-electron chi connectivity index (χ0n) is 8.60. The highest BCUT2D eigenvalue weighted by atomic mass is 32.2. The summed E-state index contributed by atoms with van der Waals surface area (Å²) in [6, 6.07) is 0. The first-order valence-corrected chi connectivity index (χ1v) is 5.78. The Kier molecular flexibility index (Phi) is 7.02. The second-order valence-corrected chi connectivity index (χ2v) is 4.33. The fourth-order valence-corrected chi connectivity index (χ4v) is 1.66. The van der Waals surface area contributed by atoms with E-state index in [1.807, 2.05) is 0 Å². The van der Waals surface area contributed by atoms with Crippen LogP contribution in [-0.4, -0.2) is 53.2 Å². The van der Waals surface area contributed by atoms with Gasteiger partial charge in [0.15, 0.2) is 0 Å². The predicted octanol–water partition coefficient (Wildman–Crippen LogP) is -0.825. The molecule has 0 aromatic carbocycles. The van der Waals surface area contributed by atoms with Gasteiger partial charge in [0.25, 0.3) is 10.2 Å². The van der Waals surface area contributed by atoms with Crippen LogP contribution in [0.5, 0.6) is 0 Å². The number of ether oxygens (including phenoxy) is 2. The van der Waals surface area contributed by atoms with Crippen molar-refractivity contribution in [2.75, 3.05) is 40.5 Å². The summed E-state index contributed by atoms with van der Waals surface area (Å²) in [5, 5.41) is 5.00. The molecule has 14 heavy (non-hydrogen) atoms. The van der Waals surface area contributed by atoms with E-state index in [9.17, 15) is 8.42 Å². The third kappa shape index (κ3) is 6.28. The maximum atomic E-state index is 11.0. The number of rotatable bonds is 8. The fourth-order valence-electron chi connectivity index (χ4n) is 0.945. The maximum Gasteiger partial charge on any atom is 0.276 e. The van der Waals surface area contributed by atoms with Crippen LogP contribution >= 0.6 is 0 Å². The summed E-state index contributed by atoms with van der Waals surface area (Å²) in [6.45, 7) is 1.48. The third-order valence-electron chi connectivity index (χ3n) is 1.66. The van der Waals surface area contributed by atoms with Crippen LogP contribution in [0.25, 0.3) is 0 Å². The van der Waals surface area contributed by atoms with Crippen LogP contribution in [0.2, 0.25) is 0 Å². The van der Waals surface area contributed by atoms with E-state index in [-0.39, 0.29) is 6.54 Å². The molecule has 0 atom stereocenters. The number of hydrogen-bond donors (Lipinski definition) is 1. The molecule has 2 N–H and O–H groups in total. The Balaban J connectivity index is 3.99. The van der Waals surface area contributed by atoms with Crippen molar-refractivity contribution in [1.29, 1.82) is 0 Å². The van der Waals surface area contributed by atoms with Gasteiger partial charge in [-0.05, 0) is 6.42 Å². The minimum absolute atomic E-state index is 0.277. The molecule has 0 heterocycles. The average Bonchev–Trinajstić information content (AvgIpc) is 2.09. The molecule has 0 saturated heterocycles. The fraction of sp³-hybridized carbons (Fsp3) is 1.00. The van der Waals surface area contributed by atoms with Crippen molar-refractivity contribution in [3.63, 3.8) is 0 Å². The van der Waals surface area contributed by atoms with Crippen molar-refractivity contribution in [2.24, 2.45) is 5.14 Å². The lowest BCUT2D eigenvalue weighted by atomic mass is 10.4. The zero-order valence-corrected chi connectivity index (χ0v) is 9.42. The van der Waals surface area contributed by atoms with E-state index >= 15 is 0 Å². The first kappa shape index (κ1) is 13.8. The van der Waals surface area contributed by atoms with Crippen LogP contribution in [0.4, 0.5) is 0 Å². The van der Waals surface area contributed by atoms with Crippen molar-refractivity contribution < 1.29 is 17.9 Å². The molecule has 86 valence electrons. The van der Waals surface area contributed by atoms with E-state index in [4.69, 9.17) is 14.6 Å². The minimum atomic E-state index is -3.62. The second kappa shape index (κ2) is 7.13. The summed E-state index contributed by atoms with van der Waals surface area (Å²) in [4.78, 5) is 0. The predicted molar refractivity (Wildman–Crippen MR) is 53.0 cm³/mol. The van der Waals surface area contributed by atoms with Gasteiger partial charge in [0.05, 0.1) is 6.61 Å². The van der Waals surface area contributed by atoms with Crippen molar-refractivity contribution in [1.82, 2.24) is 4.31 Å². The van der Waals surface area contributed by atoms with Crippen LogP contribution in [0.15, 0.2) is 0 Å². The average molecular weight is 226 g/mol. The van der Waals surface area contributed by atoms with Crippen molar-refractivity contribution in [3.05, 3.63) is 0 Å². The Morgan fingerprint density at radius 1 is 1.14 bits per heavy atom. The van der Waals surface area contributed by atoms with Crippen LogP contribution in [-0.2, 0) is 19.7 Å². The number of nitrogens with zero attached hydrogens (tertiary/aromatic N) is 1. The Labute approximate surface area is 85.2 Å².